The van der Waals surface area contributed by atoms with Crippen molar-refractivity contribution in [2.24, 2.45) is 0 Å². The predicted molar refractivity (Wildman–Crippen MR) is 148 cm³/mol. The molecular formula is C33H29N3O. The minimum Gasteiger partial charge on any atom is -0.464 e. The van der Waals surface area contributed by atoms with Crippen LogP contribution in [0.15, 0.2) is 83.5 Å². The van der Waals surface area contributed by atoms with Crippen molar-refractivity contribution >= 4 is 16.6 Å². The van der Waals surface area contributed by atoms with Crippen LogP contribution in [0, 0.1) is 18.3 Å². The molecule has 0 radical (unpaired) electrons. The average molecular weight is 484 g/mol. The van der Waals surface area contributed by atoms with Crippen LogP contribution < -0.4 is 0 Å². The molecule has 0 unspecified atom stereocenters. The maximum atomic E-state index is 9.54. The fraction of sp³-hybridized carbons (Fsp3) is 0.212. The number of aryl methyl sites for hydroxylation is 4. The number of nitriles is 1. The number of rotatable bonds is 5. The van der Waals surface area contributed by atoms with E-state index in [-0.39, 0.29) is 0 Å². The van der Waals surface area contributed by atoms with E-state index >= 15 is 0 Å². The molecule has 6 rings (SSSR count). The van der Waals surface area contributed by atoms with Crippen molar-refractivity contribution in [3.05, 3.63) is 118 Å². The smallest absolute Gasteiger partial charge is 0.133 e. The number of aromatic nitrogens is 2. The van der Waals surface area contributed by atoms with Crippen molar-refractivity contribution in [2.75, 3.05) is 0 Å². The van der Waals surface area contributed by atoms with E-state index < -0.39 is 0 Å². The highest BCUT2D eigenvalue weighted by molar-refractivity contribution is 5.86. The lowest BCUT2D eigenvalue weighted by Gasteiger charge is -2.14. The van der Waals surface area contributed by atoms with Gasteiger partial charge in [0.25, 0.3) is 0 Å². The van der Waals surface area contributed by atoms with Crippen LogP contribution in [0.2, 0.25) is 0 Å². The molecule has 2 aromatic heterocycles. The zero-order valence-corrected chi connectivity index (χ0v) is 21.3. The molecule has 1 aliphatic carbocycles. The Hall–Kier alpha value is -4.36. The molecule has 0 aliphatic heterocycles. The Morgan fingerprint density at radius 3 is 2.65 bits per heavy atom. The highest BCUT2D eigenvalue weighted by atomic mass is 16.3. The summed E-state index contributed by atoms with van der Waals surface area (Å²) in [6.45, 7) is 5.09. The monoisotopic (exact) mass is 483 g/mol. The maximum Gasteiger partial charge on any atom is 0.133 e. The normalized spacial score (nSPS) is 13.8. The molecule has 0 amide bonds. The van der Waals surface area contributed by atoms with E-state index in [2.05, 4.69) is 79.1 Å². The van der Waals surface area contributed by atoms with Crippen molar-refractivity contribution in [1.29, 1.82) is 5.26 Å². The molecule has 5 aromatic rings. The van der Waals surface area contributed by atoms with Gasteiger partial charge in [-0.3, -0.25) is 0 Å². The van der Waals surface area contributed by atoms with Gasteiger partial charge in [0.2, 0.25) is 0 Å². The predicted octanol–water partition coefficient (Wildman–Crippen LogP) is 7.66. The number of furan rings is 1. The summed E-state index contributed by atoms with van der Waals surface area (Å²) in [5, 5.41) is 9.54. The number of fused-ring (bicyclic) bond motifs is 3. The number of hydrogen-bond donors (Lipinski definition) is 0. The quantitative estimate of drug-likeness (QED) is 0.241. The fourth-order valence-corrected chi connectivity index (χ4v) is 5.65. The molecule has 1 aliphatic rings. The Balaban J connectivity index is 1.44. The second-order valence-corrected chi connectivity index (χ2v) is 9.84. The average Bonchev–Trinajstić information content (AvgIpc) is 3.53. The first kappa shape index (κ1) is 23.1. The van der Waals surface area contributed by atoms with Gasteiger partial charge in [0.05, 0.1) is 23.4 Å². The van der Waals surface area contributed by atoms with Crippen LogP contribution in [0.25, 0.3) is 27.9 Å². The minimum absolute atomic E-state index is 0.754. The number of imidazole rings is 1. The number of hydrogen-bond acceptors (Lipinski definition) is 3. The van der Waals surface area contributed by atoms with Gasteiger partial charge in [0.1, 0.15) is 11.6 Å². The maximum absolute atomic E-state index is 9.54. The van der Waals surface area contributed by atoms with Crippen molar-refractivity contribution in [1.82, 2.24) is 9.55 Å². The highest BCUT2D eigenvalue weighted by Gasteiger charge is 2.20. The molecule has 37 heavy (non-hydrogen) atoms. The molecule has 2 heterocycles. The lowest BCUT2D eigenvalue weighted by molar-refractivity contribution is 0.582. The van der Waals surface area contributed by atoms with Crippen LogP contribution in [-0.4, -0.2) is 9.55 Å². The van der Waals surface area contributed by atoms with Gasteiger partial charge in [0, 0.05) is 24.6 Å². The molecular weight excluding hydrogens is 454 g/mol. The summed E-state index contributed by atoms with van der Waals surface area (Å²) >= 11 is 0. The van der Waals surface area contributed by atoms with Crippen molar-refractivity contribution < 1.29 is 4.42 Å². The topological polar surface area (TPSA) is 54.8 Å². The zero-order valence-electron chi connectivity index (χ0n) is 21.3. The molecule has 0 N–H and O–H groups in total. The van der Waals surface area contributed by atoms with Gasteiger partial charge in [-0.15, -0.1) is 0 Å². The third-order valence-electron chi connectivity index (χ3n) is 7.38. The van der Waals surface area contributed by atoms with Crippen LogP contribution in [0.3, 0.4) is 0 Å². The third kappa shape index (κ3) is 4.17. The van der Waals surface area contributed by atoms with Crippen LogP contribution in [0.1, 0.15) is 52.5 Å². The van der Waals surface area contributed by atoms with Crippen LogP contribution in [0.4, 0.5) is 0 Å². The second kappa shape index (κ2) is 9.59. The van der Waals surface area contributed by atoms with Gasteiger partial charge in [-0.1, -0.05) is 49.4 Å². The molecule has 4 nitrogen and oxygen atoms in total. The van der Waals surface area contributed by atoms with E-state index in [1.807, 2.05) is 12.1 Å². The molecule has 0 bridgehead atoms. The van der Waals surface area contributed by atoms with Gasteiger partial charge >= 0.3 is 0 Å². The van der Waals surface area contributed by atoms with E-state index in [4.69, 9.17) is 9.40 Å². The fourth-order valence-electron chi connectivity index (χ4n) is 5.65. The van der Waals surface area contributed by atoms with Crippen molar-refractivity contribution in [3.63, 3.8) is 0 Å². The van der Waals surface area contributed by atoms with Gasteiger partial charge < -0.3 is 8.98 Å². The molecule has 0 fully saturated rings. The molecule has 4 heteroatoms. The molecule has 0 spiro atoms. The minimum atomic E-state index is 0.754. The molecule has 0 atom stereocenters. The highest BCUT2D eigenvalue weighted by Crippen LogP contribution is 2.35. The van der Waals surface area contributed by atoms with Gasteiger partial charge in [-0.05, 0) is 89.4 Å². The van der Waals surface area contributed by atoms with E-state index in [1.54, 1.807) is 12.3 Å². The molecule has 3 aromatic carbocycles. The third-order valence-corrected chi connectivity index (χ3v) is 7.38. The van der Waals surface area contributed by atoms with Gasteiger partial charge in [0.15, 0.2) is 0 Å². The summed E-state index contributed by atoms with van der Waals surface area (Å²) in [6, 6.07) is 25.8. The second-order valence-electron chi connectivity index (χ2n) is 9.84. The van der Waals surface area contributed by atoms with E-state index in [1.165, 1.54) is 22.3 Å². The molecule has 0 saturated heterocycles. The van der Waals surface area contributed by atoms with Crippen LogP contribution in [-0.2, 0) is 25.8 Å². The number of nitrogens with zero attached hydrogens (tertiary/aromatic N) is 3. The summed E-state index contributed by atoms with van der Waals surface area (Å²) in [5.74, 6) is 1.99. The standard InChI is InChI=1S/C33H29N3O/c1-3-7-32-35-33-22(2)18-26(31-10-6-17-37-31)20-30(33)36(32)21-23-11-14-28-25(19-23)13-12-24-8-4-5-9-27(24)29(28)15-16-34/h4-6,8-11,14-15,17-20H,3,7,12-13,21H2,1-2H3. The number of allylic oxidation sites excluding steroid dienone is 1. The summed E-state index contributed by atoms with van der Waals surface area (Å²) in [4.78, 5) is 5.07. The zero-order chi connectivity index (χ0) is 25.4. The van der Waals surface area contributed by atoms with Crippen LogP contribution in [0.5, 0.6) is 0 Å². The summed E-state index contributed by atoms with van der Waals surface area (Å²) in [6.07, 6.45) is 7.31. The van der Waals surface area contributed by atoms with Crippen molar-refractivity contribution in [3.8, 4) is 17.4 Å². The van der Waals surface area contributed by atoms with Gasteiger partial charge in [-0.2, -0.15) is 5.26 Å². The van der Waals surface area contributed by atoms with E-state index in [0.29, 0.717) is 0 Å². The van der Waals surface area contributed by atoms with Gasteiger partial charge in [-0.25, -0.2) is 4.98 Å². The summed E-state index contributed by atoms with van der Waals surface area (Å²) < 4.78 is 8.08. The Morgan fingerprint density at radius 1 is 1.00 bits per heavy atom. The van der Waals surface area contributed by atoms with E-state index in [9.17, 15) is 5.26 Å². The summed E-state index contributed by atoms with van der Waals surface area (Å²) in [7, 11) is 0. The molecule has 0 saturated carbocycles. The Morgan fingerprint density at radius 2 is 1.84 bits per heavy atom. The molecule has 182 valence electrons. The van der Waals surface area contributed by atoms with E-state index in [0.717, 1.165) is 77.1 Å². The Kier molecular flexibility index (Phi) is 5.98. The first-order chi connectivity index (χ1) is 18.2. The van der Waals surface area contributed by atoms with Crippen LogP contribution >= 0.6 is 0 Å². The van der Waals surface area contributed by atoms with Crippen molar-refractivity contribution in [2.45, 2.75) is 46.1 Å². The number of benzene rings is 3. The Labute approximate surface area is 217 Å². The first-order valence-electron chi connectivity index (χ1n) is 13.0. The lowest BCUT2D eigenvalue weighted by Crippen LogP contribution is -2.06. The largest absolute Gasteiger partial charge is 0.464 e. The SMILES string of the molecule is CCCc1nc2c(C)cc(-c3ccco3)cc2n1Cc1ccc2c(c1)CCc1ccccc1C2=CC#N. The summed E-state index contributed by atoms with van der Waals surface area (Å²) in [5.41, 5.74) is 11.6. The first-order valence-corrected chi connectivity index (χ1v) is 13.0. The lowest BCUT2D eigenvalue weighted by atomic mass is 9.93. The Bertz CT molecular complexity index is 1680.